The normalized spacial score (nSPS) is 13.0. The zero-order chi connectivity index (χ0) is 16.9. The Kier molecular flexibility index (Phi) is 9.60. The lowest BCUT2D eigenvalue weighted by atomic mass is 10.1. The Morgan fingerprint density at radius 3 is 2.22 bits per heavy atom. The van der Waals surface area contributed by atoms with Crippen LogP contribution in [0, 0.1) is 0 Å². The van der Waals surface area contributed by atoms with Gasteiger partial charge in [-0.3, -0.25) is 0 Å². The van der Waals surface area contributed by atoms with Gasteiger partial charge in [-0.25, -0.2) is 4.79 Å². The van der Waals surface area contributed by atoms with Crippen molar-refractivity contribution in [1.82, 2.24) is 9.80 Å². The standard InChI is InChI=1S/C12H24N2.C7H6O2/c1-3-4-5-6-7-8-9-14-11-10-13(2)12-14;8-7(9)6-4-2-1-3-5-6/h10-11H,3-9,12H2,1-2H3;1-5H,(H,8,9). The molecule has 1 N–H and O–H groups in total. The number of carboxylic acid groups (broad SMARTS) is 1. The Labute approximate surface area is 140 Å². The van der Waals surface area contributed by atoms with Crippen LogP contribution < -0.4 is 0 Å². The van der Waals surface area contributed by atoms with Gasteiger partial charge in [0.05, 0.1) is 12.2 Å². The third-order valence-electron chi connectivity index (χ3n) is 3.76. The Hall–Kier alpha value is -1.97. The molecular formula is C19H30N2O2. The molecule has 0 unspecified atom stereocenters. The van der Waals surface area contributed by atoms with Gasteiger partial charge in [-0.15, -0.1) is 0 Å². The van der Waals surface area contributed by atoms with Crippen molar-refractivity contribution < 1.29 is 9.90 Å². The van der Waals surface area contributed by atoms with Crippen LogP contribution in [0.1, 0.15) is 55.8 Å². The van der Waals surface area contributed by atoms with Crippen molar-refractivity contribution in [3.63, 3.8) is 0 Å². The van der Waals surface area contributed by atoms with Gasteiger partial charge >= 0.3 is 5.97 Å². The summed E-state index contributed by atoms with van der Waals surface area (Å²) >= 11 is 0. The Morgan fingerprint density at radius 2 is 1.70 bits per heavy atom. The van der Waals surface area contributed by atoms with E-state index >= 15 is 0 Å². The summed E-state index contributed by atoms with van der Waals surface area (Å²) < 4.78 is 0. The minimum atomic E-state index is -0.879. The van der Waals surface area contributed by atoms with Crippen molar-refractivity contribution in [2.75, 3.05) is 20.3 Å². The van der Waals surface area contributed by atoms with E-state index in [9.17, 15) is 4.79 Å². The van der Waals surface area contributed by atoms with Crippen LogP contribution >= 0.6 is 0 Å². The van der Waals surface area contributed by atoms with Crippen LogP contribution in [0.3, 0.4) is 0 Å². The summed E-state index contributed by atoms with van der Waals surface area (Å²) in [6, 6.07) is 8.30. The van der Waals surface area contributed by atoms with E-state index in [0.29, 0.717) is 5.56 Å². The molecule has 0 fully saturated rings. The van der Waals surface area contributed by atoms with Crippen molar-refractivity contribution in [3.05, 3.63) is 48.3 Å². The largest absolute Gasteiger partial charge is 0.478 e. The molecule has 1 aromatic carbocycles. The first-order valence-corrected chi connectivity index (χ1v) is 8.54. The van der Waals surface area contributed by atoms with E-state index in [0.717, 1.165) is 6.67 Å². The minimum Gasteiger partial charge on any atom is -0.478 e. The van der Waals surface area contributed by atoms with Crippen LogP contribution in [0.4, 0.5) is 0 Å². The average molecular weight is 318 g/mol. The summed E-state index contributed by atoms with van der Waals surface area (Å²) in [5.74, 6) is -0.879. The van der Waals surface area contributed by atoms with Gasteiger partial charge in [0.2, 0.25) is 0 Å². The van der Waals surface area contributed by atoms with Gasteiger partial charge in [0.25, 0.3) is 0 Å². The SMILES string of the molecule is CCCCCCCCN1C=CN(C)C1.O=C(O)c1ccccc1. The van der Waals surface area contributed by atoms with Gasteiger partial charge in [0.1, 0.15) is 0 Å². The fourth-order valence-electron chi connectivity index (χ4n) is 2.41. The maximum atomic E-state index is 10.2. The monoisotopic (exact) mass is 318 g/mol. The highest BCUT2D eigenvalue weighted by molar-refractivity contribution is 5.87. The molecule has 0 saturated carbocycles. The summed E-state index contributed by atoms with van der Waals surface area (Å²) in [6.07, 6.45) is 12.7. The zero-order valence-electron chi connectivity index (χ0n) is 14.4. The number of benzene rings is 1. The number of unbranched alkanes of at least 4 members (excludes halogenated alkanes) is 5. The van der Waals surface area contributed by atoms with Crippen LogP contribution in [0.5, 0.6) is 0 Å². The molecule has 4 nitrogen and oxygen atoms in total. The minimum absolute atomic E-state index is 0.331. The highest BCUT2D eigenvalue weighted by atomic mass is 16.4. The van der Waals surface area contributed by atoms with Gasteiger partial charge in [-0.1, -0.05) is 57.2 Å². The van der Waals surface area contributed by atoms with Gasteiger partial charge in [-0.2, -0.15) is 0 Å². The fraction of sp³-hybridized carbons (Fsp3) is 0.526. The van der Waals surface area contributed by atoms with Crippen LogP contribution in [-0.2, 0) is 0 Å². The number of hydrogen-bond donors (Lipinski definition) is 1. The van der Waals surface area contributed by atoms with E-state index in [-0.39, 0.29) is 0 Å². The predicted molar refractivity (Wildman–Crippen MR) is 95.3 cm³/mol. The van der Waals surface area contributed by atoms with Crippen molar-refractivity contribution in [3.8, 4) is 0 Å². The molecule has 0 bridgehead atoms. The van der Waals surface area contributed by atoms with Crippen LogP contribution in [0.15, 0.2) is 42.7 Å². The zero-order valence-corrected chi connectivity index (χ0v) is 14.4. The van der Waals surface area contributed by atoms with Crippen molar-refractivity contribution in [1.29, 1.82) is 0 Å². The summed E-state index contributed by atoms with van der Waals surface area (Å²) in [5.41, 5.74) is 0.331. The highest BCUT2D eigenvalue weighted by Gasteiger charge is 2.06. The lowest BCUT2D eigenvalue weighted by Gasteiger charge is -2.17. The van der Waals surface area contributed by atoms with Crippen LogP contribution in [0.2, 0.25) is 0 Å². The molecule has 0 aliphatic carbocycles. The van der Waals surface area contributed by atoms with E-state index in [1.807, 2.05) is 0 Å². The Bertz CT molecular complexity index is 460. The Morgan fingerprint density at radius 1 is 1.04 bits per heavy atom. The number of nitrogens with zero attached hydrogens (tertiary/aromatic N) is 2. The smallest absolute Gasteiger partial charge is 0.335 e. The molecule has 0 spiro atoms. The summed E-state index contributed by atoms with van der Waals surface area (Å²) in [7, 11) is 2.12. The van der Waals surface area contributed by atoms with Gasteiger partial charge < -0.3 is 14.9 Å². The number of aromatic carboxylic acids is 1. The molecule has 1 aliphatic heterocycles. The summed E-state index contributed by atoms with van der Waals surface area (Å²) in [6.45, 7) is 4.58. The molecule has 4 heteroatoms. The maximum Gasteiger partial charge on any atom is 0.335 e. The molecule has 0 amide bonds. The third kappa shape index (κ3) is 8.91. The third-order valence-corrected chi connectivity index (χ3v) is 3.76. The van der Waals surface area contributed by atoms with Crippen molar-refractivity contribution >= 4 is 5.97 Å². The first-order chi connectivity index (χ1) is 11.1. The van der Waals surface area contributed by atoms with Crippen LogP contribution in [-0.4, -0.2) is 41.1 Å². The number of carbonyl (C=O) groups is 1. The number of hydrogen-bond acceptors (Lipinski definition) is 3. The molecule has 1 aromatic rings. The summed E-state index contributed by atoms with van der Waals surface area (Å²) in [5, 5.41) is 8.38. The van der Waals surface area contributed by atoms with E-state index in [1.165, 1.54) is 45.1 Å². The van der Waals surface area contributed by atoms with Crippen LogP contribution in [0.25, 0.3) is 0 Å². The maximum absolute atomic E-state index is 10.2. The Balaban J connectivity index is 0.000000253. The molecule has 0 radical (unpaired) electrons. The molecule has 0 saturated heterocycles. The van der Waals surface area contributed by atoms with Gasteiger partial charge in [0.15, 0.2) is 0 Å². The van der Waals surface area contributed by atoms with E-state index in [1.54, 1.807) is 30.3 Å². The first-order valence-electron chi connectivity index (χ1n) is 8.54. The predicted octanol–water partition coefficient (Wildman–Crippen LogP) is 4.41. The van der Waals surface area contributed by atoms with E-state index < -0.39 is 5.97 Å². The number of carboxylic acids is 1. The number of rotatable bonds is 8. The second-order valence-electron chi connectivity index (χ2n) is 5.95. The lowest BCUT2D eigenvalue weighted by molar-refractivity contribution is 0.0697. The second kappa shape index (κ2) is 11.6. The first kappa shape index (κ1) is 19.1. The molecule has 1 heterocycles. The quantitative estimate of drug-likeness (QED) is 0.721. The molecular weight excluding hydrogens is 288 g/mol. The molecule has 1 aliphatic rings. The average Bonchev–Trinajstić information content (AvgIpc) is 2.97. The molecule has 23 heavy (non-hydrogen) atoms. The van der Waals surface area contributed by atoms with E-state index in [2.05, 4.69) is 36.2 Å². The summed E-state index contributed by atoms with van der Waals surface area (Å²) in [4.78, 5) is 14.8. The fourth-order valence-corrected chi connectivity index (χ4v) is 2.41. The topological polar surface area (TPSA) is 43.8 Å². The van der Waals surface area contributed by atoms with Gasteiger partial charge in [0, 0.05) is 26.0 Å². The molecule has 2 rings (SSSR count). The van der Waals surface area contributed by atoms with Crippen molar-refractivity contribution in [2.45, 2.75) is 45.4 Å². The highest BCUT2D eigenvalue weighted by Crippen LogP contribution is 2.08. The lowest BCUT2D eigenvalue weighted by Crippen LogP contribution is -2.23. The second-order valence-corrected chi connectivity index (χ2v) is 5.95. The van der Waals surface area contributed by atoms with Gasteiger partial charge in [-0.05, 0) is 18.6 Å². The molecule has 0 aromatic heterocycles. The molecule has 128 valence electrons. The molecule has 0 atom stereocenters. The van der Waals surface area contributed by atoms with Crippen molar-refractivity contribution in [2.24, 2.45) is 0 Å². The van der Waals surface area contributed by atoms with E-state index in [4.69, 9.17) is 5.11 Å².